The molecule has 0 bridgehead atoms. The van der Waals surface area contributed by atoms with E-state index in [1.807, 2.05) is 30.0 Å². The molecule has 4 aromatic rings. The lowest BCUT2D eigenvalue weighted by molar-refractivity contribution is -0.130. The molecule has 1 unspecified atom stereocenters. The molecule has 1 aliphatic heterocycles. The van der Waals surface area contributed by atoms with Crippen LogP contribution in [0.3, 0.4) is 0 Å². The van der Waals surface area contributed by atoms with Gasteiger partial charge in [-0.25, -0.2) is 9.67 Å². The molecule has 1 atom stereocenters. The highest BCUT2D eigenvalue weighted by Gasteiger charge is 2.36. The highest BCUT2D eigenvalue weighted by molar-refractivity contribution is 9.10. The summed E-state index contributed by atoms with van der Waals surface area (Å²) in [7, 11) is 0. The third-order valence-corrected chi connectivity index (χ3v) is 7.30. The Morgan fingerprint density at radius 1 is 1.29 bits per heavy atom. The Balaban J connectivity index is 1.30. The van der Waals surface area contributed by atoms with Gasteiger partial charge in [0.15, 0.2) is 0 Å². The second-order valence-electron chi connectivity index (χ2n) is 8.75. The molecule has 8 nitrogen and oxygen atoms in total. The standard InChI is InChI=1S/C24H24BrClN6O2/c1-15-11-17(25)3-4-19(15)32-14-20(29-30-32)24(34)6-2-9-31(10-7-24)21(33)12-16-13-28-23-22(16)18(26)5-8-27-23/h3-5,8,11,13-14,34H,2,6-7,9-10,12H2,1H3,(H,27,28). The van der Waals surface area contributed by atoms with E-state index in [0.29, 0.717) is 48.7 Å². The number of likely N-dealkylation sites (tertiary alicyclic amines) is 1. The van der Waals surface area contributed by atoms with E-state index < -0.39 is 5.60 Å². The number of nitrogens with one attached hydrogen (secondary N) is 1. The van der Waals surface area contributed by atoms with Crippen LogP contribution in [-0.2, 0) is 16.8 Å². The summed E-state index contributed by atoms with van der Waals surface area (Å²) in [5.41, 5.74) is 2.84. The van der Waals surface area contributed by atoms with Crippen molar-refractivity contribution < 1.29 is 9.90 Å². The summed E-state index contributed by atoms with van der Waals surface area (Å²) < 4.78 is 2.69. The van der Waals surface area contributed by atoms with E-state index in [1.54, 1.807) is 29.3 Å². The Labute approximate surface area is 210 Å². The Morgan fingerprint density at radius 2 is 2.15 bits per heavy atom. The van der Waals surface area contributed by atoms with Gasteiger partial charge in [-0.05, 0) is 61.6 Å². The summed E-state index contributed by atoms with van der Waals surface area (Å²) in [5, 5.41) is 21.3. The van der Waals surface area contributed by atoms with Crippen molar-refractivity contribution in [2.45, 2.75) is 38.2 Å². The minimum atomic E-state index is -1.13. The van der Waals surface area contributed by atoms with E-state index in [4.69, 9.17) is 11.6 Å². The van der Waals surface area contributed by atoms with Crippen LogP contribution in [0.2, 0.25) is 5.02 Å². The normalized spacial score (nSPS) is 18.9. The van der Waals surface area contributed by atoms with Gasteiger partial charge in [0.2, 0.25) is 5.91 Å². The number of fused-ring (bicyclic) bond motifs is 1. The van der Waals surface area contributed by atoms with Crippen molar-refractivity contribution in [2.24, 2.45) is 0 Å². The molecule has 0 saturated carbocycles. The number of hydrogen-bond donors (Lipinski definition) is 2. The van der Waals surface area contributed by atoms with Crippen LogP contribution in [0, 0.1) is 6.92 Å². The quantitative estimate of drug-likeness (QED) is 0.400. The fourth-order valence-corrected chi connectivity index (χ4v) is 5.33. The van der Waals surface area contributed by atoms with E-state index in [0.717, 1.165) is 26.7 Å². The van der Waals surface area contributed by atoms with E-state index in [9.17, 15) is 9.90 Å². The Kier molecular flexibility index (Phi) is 6.18. The smallest absolute Gasteiger partial charge is 0.227 e. The summed E-state index contributed by atoms with van der Waals surface area (Å²) in [6, 6.07) is 7.64. The fraction of sp³-hybridized carbons (Fsp3) is 0.333. The molecule has 2 N–H and O–H groups in total. The molecule has 0 spiro atoms. The van der Waals surface area contributed by atoms with Gasteiger partial charge in [-0.15, -0.1) is 5.10 Å². The summed E-state index contributed by atoms with van der Waals surface area (Å²) >= 11 is 9.81. The number of pyridine rings is 1. The van der Waals surface area contributed by atoms with Gasteiger partial charge in [0.25, 0.3) is 0 Å². The number of carbonyl (C=O) groups is 1. The Bertz CT molecular complexity index is 1370. The number of carbonyl (C=O) groups excluding carboxylic acids is 1. The van der Waals surface area contributed by atoms with Crippen LogP contribution >= 0.6 is 27.5 Å². The molecule has 4 heterocycles. The molecule has 1 fully saturated rings. The lowest BCUT2D eigenvalue weighted by Gasteiger charge is -2.24. The highest BCUT2D eigenvalue weighted by atomic mass is 79.9. The Hall–Kier alpha value is -2.75. The first kappa shape index (κ1) is 23.0. The summed E-state index contributed by atoms with van der Waals surface area (Å²) in [6.45, 7) is 3.02. The van der Waals surface area contributed by atoms with E-state index >= 15 is 0 Å². The number of halogens is 2. The number of benzene rings is 1. The third-order valence-electron chi connectivity index (χ3n) is 6.49. The molecule has 0 aliphatic carbocycles. The average molecular weight is 544 g/mol. The zero-order chi connectivity index (χ0) is 23.9. The minimum Gasteiger partial charge on any atom is -0.383 e. The first-order chi connectivity index (χ1) is 16.3. The SMILES string of the molecule is Cc1cc(Br)ccc1-n1cc(C2(O)CCCN(C(=O)Cc3c[nH]c4nccc(Cl)c34)CC2)nn1. The van der Waals surface area contributed by atoms with Crippen molar-refractivity contribution in [3.05, 3.63) is 69.2 Å². The van der Waals surface area contributed by atoms with Gasteiger partial charge in [0, 0.05) is 35.3 Å². The fourth-order valence-electron chi connectivity index (χ4n) is 4.59. The predicted octanol–water partition coefficient (Wildman–Crippen LogP) is 4.31. The largest absolute Gasteiger partial charge is 0.383 e. The number of rotatable bonds is 4. The molecule has 3 aromatic heterocycles. The zero-order valence-electron chi connectivity index (χ0n) is 18.6. The van der Waals surface area contributed by atoms with Crippen LogP contribution in [-0.4, -0.2) is 54.0 Å². The van der Waals surface area contributed by atoms with E-state index in [-0.39, 0.29) is 12.3 Å². The molecular weight excluding hydrogens is 520 g/mol. The number of H-pyrrole nitrogens is 1. The number of aromatic amines is 1. The van der Waals surface area contributed by atoms with Crippen molar-refractivity contribution in [3.8, 4) is 5.69 Å². The monoisotopic (exact) mass is 542 g/mol. The molecule has 1 aromatic carbocycles. The lowest BCUT2D eigenvalue weighted by atomic mass is 9.92. The van der Waals surface area contributed by atoms with Crippen molar-refractivity contribution in [1.29, 1.82) is 0 Å². The van der Waals surface area contributed by atoms with Gasteiger partial charge in [-0.1, -0.05) is 32.7 Å². The van der Waals surface area contributed by atoms with Crippen molar-refractivity contribution in [3.63, 3.8) is 0 Å². The van der Waals surface area contributed by atoms with Gasteiger partial charge < -0.3 is 15.0 Å². The molecule has 1 amide bonds. The lowest BCUT2D eigenvalue weighted by Crippen LogP contribution is -2.34. The number of aromatic nitrogens is 5. The number of nitrogens with zero attached hydrogens (tertiary/aromatic N) is 5. The van der Waals surface area contributed by atoms with Gasteiger partial charge >= 0.3 is 0 Å². The average Bonchev–Trinajstić information content (AvgIpc) is 3.40. The van der Waals surface area contributed by atoms with Crippen LogP contribution in [0.5, 0.6) is 0 Å². The number of hydrogen-bond acceptors (Lipinski definition) is 5. The Morgan fingerprint density at radius 3 is 2.97 bits per heavy atom. The van der Waals surface area contributed by atoms with Gasteiger partial charge in [0.1, 0.15) is 16.9 Å². The topological polar surface area (TPSA) is 99.9 Å². The number of amides is 1. The second kappa shape index (κ2) is 9.13. The summed E-state index contributed by atoms with van der Waals surface area (Å²) in [5.74, 6) is -0.000730. The molecule has 1 aliphatic rings. The second-order valence-corrected chi connectivity index (χ2v) is 10.1. The maximum Gasteiger partial charge on any atom is 0.227 e. The van der Waals surface area contributed by atoms with Gasteiger partial charge in [-0.3, -0.25) is 4.79 Å². The highest BCUT2D eigenvalue weighted by Crippen LogP contribution is 2.33. The van der Waals surface area contributed by atoms with Gasteiger partial charge in [0.05, 0.1) is 23.3 Å². The first-order valence-corrected chi connectivity index (χ1v) is 12.3. The maximum atomic E-state index is 13.1. The van der Waals surface area contributed by atoms with Crippen LogP contribution in [0.1, 0.15) is 36.1 Å². The number of aliphatic hydroxyl groups is 1. The molecular formula is C24H24BrClN6O2. The van der Waals surface area contributed by atoms with Crippen LogP contribution < -0.4 is 0 Å². The molecule has 10 heteroatoms. The van der Waals surface area contributed by atoms with Crippen molar-refractivity contribution in [1.82, 2.24) is 29.9 Å². The van der Waals surface area contributed by atoms with Crippen molar-refractivity contribution in [2.75, 3.05) is 13.1 Å². The van der Waals surface area contributed by atoms with Crippen LogP contribution in [0.15, 0.2) is 47.3 Å². The van der Waals surface area contributed by atoms with Crippen molar-refractivity contribution >= 4 is 44.5 Å². The molecule has 0 radical (unpaired) electrons. The molecule has 1 saturated heterocycles. The molecule has 34 heavy (non-hydrogen) atoms. The van der Waals surface area contributed by atoms with E-state index in [2.05, 4.69) is 36.2 Å². The van der Waals surface area contributed by atoms with Gasteiger partial charge in [-0.2, -0.15) is 0 Å². The summed E-state index contributed by atoms with van der Waals surface area (Å²) in [6.07, 6.45) is 7.01. The van der Waals surface area contributed by atoms with E-state index in [1.165, 1.54) is 0 Å². The third kappa shape index (κ3) is 4.35. The maximum absolute atomic E-state index is 13.1. The van der Waals surface area contributed by atoms with Crippen LogP contribution in [0.4, 0.5) is 0 Å². The predicted molar refractivity (Wildman–Crippen MR) is 133 cm³/mol. The minimum absolute atomic E-state index is 0.000730. The zero-order valence-corrected chi connectivity index (χ0v) is 21.0. The van der Waals surface area contributed by atoms with Crippen LogP contribution in [0.25, 0.3) is 16.7 Å². The first-order valence-electron chi connectivity index (χ1n) is 11.1. The summed E-state index contributed by atoms with van der Waals surface area (Å²) in [4.78, 5) is 22.3. The molecule has 176 valence electrons. The molecule has 5 rings (SSSR count). The number of aryl methyl sites for hydroxylation is 1.